The number of rotatable bonds is 4. The molecule has 0 unspecified atom stereocenters. The van der Waals surface area contributed by atoms with Gasteiger partial charge in [-0.25, -0.2) is 4.79 Å². The van der Waals surface area contributed by atoms with Crippen molar-refractivity contribution in [3.63, 3.8) is 0 Å². The second-order valence-electron chi connectivity index (χ2n) is 6.46. The van der Waals surface area contributed by atoms with E-state index in [1.54, 1.807) is 0 Å². The van der Waals surface area contributed by atoms with Crippen LogP contribution in [-0.4, -0.2) is 61.1 Å². The summed E-state index contributed by atoms with van der Waals surface area (Å²) in [5.41, 5.74) is 3.01. The summed E-state index contributed by atoms with van der Waals surface area (Å²) in [6.45, 7) is 4.03. The highest BCUT2D eigenvalue weighted by atomic mass is 16.2. The van der Waals surface area contributed by atoms with Gasteiger partial charge in [-0.1, -0.05) is 6.07 Å². The average molecular weight is 339 g/mol. The van der Waals surface area contributed by atoms with Gasteiger partial charge >= 0.3 is 6.03 Å². The molecule has 6 heteroatoms. The quantitative estimate of drug-likeness (QED) is 0.930. The molecule has 0 saturated carbocycles. The van der Waals surface area contributed by atoms with E-state index in [2.05, 4.69) is 15.2 Å². The van der Waals surface area contributed by atoms with Crippen LogP contribution in [0.1, 0.15) is 5.69 Å². The molecule has 1 aliphatic rings. The standard InChI is InChI=1S/C19H25N5O/c1-22(2)18-8-6-16(7-9-18)21-19(25)24-13-11-23(12-14-24)15-17-5-3-4-10-20-17/h3-10H,11-15H2,1-2H3,(H,21,25). The number of piperazine rings is 1. The molecule has 1 fully saturated rings. The number of nitrogens with zero attached hydrogens (tertiary/aromatic N) is 4. The Kier molecular flexibility index (Phi) is 5.50. The molecule has 2 aromatic rings. The van der Waals surface area contributed by atoms with E-state index in [1.165, 1.54) is 0 Å². The monoisotopic (exact) mass is 339 g/mol. The van der Waals surface area contributed by atoms with Gasteiger partial charge in [0.05, 0.1) is 5.69 Å². The molecular weight excluding hydrogens is 314 g/mol. The van der Waals surface area contributed by atoms with Crippen LogP contribution in [0.25, 0.3) is 0 Å². The van der Waals surface area contributed by atoms with Gasteiger partial charge in [0.25, 0.3) is 0 Å². The van der Waals surface area contributed by atoms with E-state index in [9.17, 15) is 4.79 Å². The van der Waals surface area contributed by atoms with Crippen molar-refractivity contribution in [2.45, 2.75) is 6.54 Å². The Balaban J connectivity index is 1.48. The van der Waals surface area contributed by atoms with Crippen molar-refractivity contribution in [2.75, 3.05) is 50.5 Å². The molecule has 1 saturated heterocycles. The molecule has 0 atom stereocenters. The minimum Gasteiger partial charge on any atom is -0.378 e. The molecule has 0 aliphatic carbocycles. The van der Waals surface area contributed by atoms with Crippen molar-refractivity contribution in [2.24, 2.45) is 0 Å². The van der Waals surface area contributed by atoms with Crippen LogP contribution in [0.4, 0.5) is 16.2 Å². The number of anilines is 2. The minimum absolute atomic E-state index is 0.0323. The zero-order valence-electron chi connectivity index (χ0n) is 14.9. The number of carbonyl (C=O) groups is 1. The molecule has 0 bridgehead atoms. The van der Waals surface area contributed by atoms with E-state index < -0.39 is 0 Å². The summed E-state index contributed by atoms with van der Waals surface area (Å²) in [7, 11) is 4.00. The predicted molar refractivity (Wildman–Crippen MR) is 101 cm³/mol. The maximum Gasteiger partial charge on any atom is 0.321 e. The van der Waals surface area contributed by atoms with Crippen LogP contribution in [0.2, 0.25) is 0 Å². The number of carbonyl (C=O) groups excluding carboxylic acids is 1. The van der Waals surface area contributed by atoms with E-state index in [4.69, 9.17) is 0 Å². The third-order valence-corrected chi connectivity index (χ3v) is 4.41. The number of benzene rings is 1. The smallest absolute Gasteiger partial charge is 0.321 e. The molecule has 25 heavy (non-hydrogen) atoms. The number of aromatic nitrogens is 1. The minimum atomic E-state index is -0.0323. The van der Waals surface area contributed by atoms with Gasteiger partial charge < -0.3 is 15.1 Å². The van der Waals surface area contributed by atoms with Crippen LogP contribution in [0.15, 0.2) is 48.7 Å². The van der Waals surface area contributed by atoms with E-state index in [1.807, 2.05) is 72.6 Å². The fourth-order valence-corrected chi connectivity index (χ4v) is 2.88. The number of urea groups is 1. The molecule has 6 nitrogen and oxygen atoms in total. The van der Waals surface area contributed by atoms with Crippen molar-refractivity contribution in [3.05, 3.63) is 54.4 Å². The van der Waals surface area contributed by atoms with Crippen molar-refractivity contribution < 1.29 is 4.79 Å². The summed E-state index contributed by atoms with van der Waals surface area (Å²) < 4.78 is 0. The highest BCUT2D eigenvalue weighted by Crippen LogP contribution is 2.16. The van der Waals surface area contributed by atoms with Gasteiger partial charge in [-0.05, 0) is 36.4 Å². The first-order chi connectivity index (χ1) is 12.1. The maximum absolute atomic E-state index is 12.4. The lowest BCUT2D eigenvalue weighted by atomic mass is 10.2. The predicted octanol–water partition coefficient (Wildman–Crippen LogP) is 2.50. The summed E-state index contributed by atoms with van der Waals surface area (Å²) in [5.74, 6) is 0. The lowest BCUT2D eigenvalue weighted by Crippen LogP contribution is -2.49. The highest BCUT2D eigenvalue weighted by Gasteiger charge is 2.21. The molecule has 0 radical (unpaired) electrons. The topological polar surface area (TPSA) is 51.7 Å². The maximum atomic E-state index is 12.4. The fourth-order valence-electron chi connectivity index (χ4n) is 2.88. The normalized spacial score (nSPS) is 15.0. The fraction of sp³-hybridized carbons (Fsp3) is 0.368. The zero-order chi connectivity index (χ0) is 17.6. The van der Waals surface area contributed by atoms with Gasteiger partial charge in [0.15, 0.2) is 0 Å². The van der Waals surface area contributed by atoms with Gasteiger partial charge in [-0.15, -0.1) is 0 Å². The van der Waals surface area contributed by atoms with Crippen molar-refractivity contribution in [3.8, 4) is 0 Å². The molecule has 3 rings (SSSR count). The van der Waals surface area contributed by atoms with Gasteiger partial charge in [-0.2, -0.15) is 0 Å². The molecule has 1 aromatic heterocycles. The molecule has 132 valence electrons. The number of pyridine rings is 1. The Morgan fingerprint density at radius 2 is 1.80 bits per heavy atom. The molecule has 2 amide bonds. The lowest BCUT2D eigenvalue weighted by molar-refractivity contribution is 0.142. The Bertz CT molecular complexity index is 679. The first-order valence-corrected chi connectivity index (χ1v) is 8.57. The van der Waals surface area contributed by atoms with Crippen molar-refractivity contribution >= 4 is 17.4 Å². The molecule has 1 aromatic carbocycles. The summed E-state index contributed by atoms with van der Waals surface area (Å²) in [6.07, 6.45) is 1.82. The van der Waals surface area contributed by atoms with Crippen LogP contribution >= 0.6 is 0 Å². The second kappa shape index (κ2) is 7.98. The zero-order valence-corrected chi connectivity index (χ0v) is 14.9. The van der Waals surface area contributed by atoms with Crippen LogP contribution in [0.3, 0.4) is 0 Å². The summed E-state index contributed by atoms with van der Waals surface area (Å²) >= 11 is 0. The number of hydrogen-bond donors (Lipinski definition) is 1. The SMILES string of the molecule is CN(C)c1ccc(NC(=O)N2CCN(Cc3ccccn3)CC2)cc1. The van der Waals surface area contributed by atoms with E-state index in [0.717, 1.165) is 49.8 Å². The Hall–Kier alpha value is -2.60. The summed E-state index contributed by atoms with van der Waals surface area (Å²) in [4.78, 5) is 23.0. The third-order valence-electron chi connectivity index (χ3n) is 4.41. The van der Waals surface area contributed by atoms with Gasteiger partial charge in [-0.3, -0.25) is 9.88 Å². The summed E-state index contributed by atoms with van der Waals surface area (Å²) in [6, 6.07) is 13.8. The average Bonchev–Trinajstić information content (AvgIpc) is 2.63. The molecule has 1 aliphatic heterocycles. The molecule has 0 spiro atoms. The first kappa shape index (κ1) is 17.2. The van der Waals surface area contributed by atoms with E-state index in [-0.39, 0.29) is 6.03 Å². The molecule has 2 heterocycles. The van der Waals surface area contributed by atoms with Gasteiger partial charge in [0.2, 0.25) is 0 Å². The van der Waals surface area contributed by atoms with E-state index in [0.29, 0.717) is 0 Å². The Morgan fingerprint density at radius 1 is 1.08 bits per heavy atom. The van der Waals surface area contributed by atoms with Crippen LogP contribution < -0.4 is 10.2 Å². The number of hydrogen-bond acceptors (Lipinski definition) is 4. The van der Waals surface area contributed by atoms with Gasteiger partial charge in [0, 0.05) is 64.4 Å². The van der Waals surface area contributed by atoms with Crippen LogP contribution in [0, 0.1) is 0 Å². The van der Waals surface area contributed by atoms with Crippen molar-refractivity contribution in [1.29, 1.82) is 0 Å². The second-order valence-corrected chi connectivity index (χ2v) is 6.46. The van der Waals surface area contributed by atoms with Crippen molar-refractivity contribution in [1.82, 2.24) is 14.8 Å². The largest absolute Gasteiger partial charge is 0.378 e. The van der Waals surface area contributed by atoms with Crippen LogP contribution in [0.5, 0.6) is 0 Å². The summed E-state index contributed by atoms with van der Waals surface area (Å²) in [5, 5.41) is 2.98. The molecule has 1 N–H and O–H groups in total. The Labute approximate surface area is 149 Å². The number of amides is 2. The van der Waals surface area contributed by atoms with Crippen LogP contribution in [-0.2, 0) is 6.54 Å². The highest BCUT2D eigenvalue weighted by molar-refractivity contribution is 5.89. The molecular formula is C19H25N5O. The van der Waals surface area contributed by atoms with E-state index >= 15 is 0 Å². The first-order valence-electron chi connectivity index (χ1n) is 8.57. The van der Waals surface area contributed by atoms with Gasteiger partial charge in [0.1, 0.15) is 0 Å². The number of nitrogens with one attached hydrogen (secondary N) is 1. The third kappa shape index (κ3) is 4.70. The lowest BCUT2D eigenvalue weighted by Gasteiger charge is -2.34. The Morgan fingerprint density at radius 3 is 2.40 bits per heavy atom.